The highest BCUT2D eigenvalue weighted by molar-refractivity contribution is 5.93. The van der Waals surface area contributed by atoms with E-state index in [1.165, 1.54) is 14.0 Å². The van der Waals surface area contributed by atoms with E-state index >= 15 is 0 Å². The first-order valence-electron chi connectivity index (χ1n) is 12.2. The van der Waals surface area contributed by atoms with Crippen LogP contribution in [0.2, 0.25) is 0 Å². The number of nitrogens with one attached hydrogen (secondary N) is 4. The molecule has 0 spiro atoms. The summed E-state index contributed by atoms with van der Waals surface area (Å²) in [5, 5.41) is 39.6. The van der Waals surface area contributed by atoms with Crippen molar-refractivity contribution in [1.29, 1.82) is 0 Å². The second kappa shape index (κ2) is 16.1. The topological polar surface area (TPSA) is 249 Å². The fraction of sp³-hybridized carbons (Fsp3) is 0.773. The van der Waals surface area contributed by atoms with Gasteiger partial charge in [0.1, 0.15) is 18.1 Å². The smallest absolute Gasteiger partial charge is 0.247 e. The maximum Gasteiger partial charge on any atom is 0.247 e. The van der Waals surface area contributed by atoms with Gasteiger partial charge in [0.05, 0.1) is 31.4 Å². The first-order chi connectivity index (χ1) is 17.4. The van der Waals surface area contributed by atoms with Gasteiger partial charge in [0.25, 0.3) is 0 Å². The number of hydrogen-bond donors (Lipinski definition) is 9. The van der Waals surface area contributed by atoms with E-state index in [0.29, 0.717) is 25.8 Å². The van der Waals surface area contributed by atoms with Gasteiger partial charge in [0.2, 0.25) is 29.5 Å². The Balaban J connectivity index is 3.21. The highest BCUT2D eigenvalue weighted by Crippen LogP contribution is 2.08. The zero-order valence-corrected chi connectivity index (χ0v) is 21.3. The second-order valence-corrected chi connectivity index (χ2v) is 9.11. The van der Waals surface area contributed by atoms with Crippen molar-refractivity contribution in [3.63, 3.8) is 0 Å². The molecule has 1 aliphatic rings. The molecular weight excluding hydrogens is 490 g/mol. The van der Waals surface area contributed by atoms with E-state index in [-0.39, 0.29) is 19.4 Å². The van der Waals surface area contributed by atoms with Crippen LogP contribution in [0.5, 0.6) is 0 Å². The van der Waals surface area contributed by atoms with Gasteiger partial charge in [-0.25, -0.2) is 0 Å². The Kier molecular flexibility index (Phi) is 14.0. The SMILES string of the molecule is CC(O)C1NC(=O)C(NC(=O)C(N)CO)CCC(=O)NCCCCC(C(N)=O)NCC(CO)N(C)C1=O. The standard InChI is InChI=1S/C22H41N7O8/c1-12(32)18-22(37)29(2)13(10-30)9-26-15(19(24)34)5-3-4-8-25-17(33)7-6-16(21(36)28-18)27-20(35)14(23)11-31/h12-16,18,26,30-32H,3-11,23H2,1-2H3,(H2,24,34)(H,25,33)(H,27,35)(H,28,36). The highest BCUT2D eigenvalue weighted by atomic mass is 16.3. The molecule has 1 fully saturated rings. The van der Waals surface area contributed by atoms with Crippen molar-refractivity contribution in [2.24, 2.45) is 11.5 Å². The molecule has 0 bridgehead atoms. The number of hydrogen-bond acceptors (Lipinski definition) is 10. The lowest BCUT2D eigenvalue weighted by molar-refractivity contribution is -0.141. The van der Waals surface area contributed by atoms with Gasteiger partial charge in [-0.3, -0.25) is 24.0 Å². The molecule has 5 amide bonds. The average Bonchev–Trinajstić information content (AvgIpc) is 2.85. The Morgan fingerprint density at radius 2 is 1.86 bits per heavy atom. The average molecular weight is 532 g/mol. The van der Waals surface area contributed by atoms with E-state index in [9.17, 15) is 34.2 Å². The molecule has 1 heterocycles. The summed E-state index contributed by atoms with van der Waals surface area (Å²) in [5.74, 6) is -3.42. The predicted octanol–water partition coefficient (Wildman–Crippen LogP) is -5.00. The van der Waals surface area contributed by atoms with E-state index in [1.54, 1.807) is 0 Å². The zero-order chi connectivity index (χ0) is 28.1. The Morgan fingerprint density at radius 1 is 1.19 bits per heavy atom. The number of amides is 5. The van der Waals surface area contributed by atoms with E-state index in [2.05, 4.69) is 21.3 Å². The van der Waals surface area contributed by atoms with Gasteiger partial charge in [-0.2, -0.15) is 0 Å². The van der Waals surface area contributed by atoms with E-state index in [0.717, 1.165) is 4.90 Å². The summed E-state index contributed by atoms with van der Waals surface area (Å²) in [7, 11) is 1.37. The monoisotopic (exact) mass is 531 g/mol. The van der Waals surface area contributed by atoms with E-state index < -0.39 is 79.1 Å². The number of primary amides is 1. The highest BCUT2D eigenvalue weighted by Gasteiger charge is 2.34. The third kappa shape index (κ3) is 10.6. The van der Waals surface area contributed by atoms with E-state index in [1.807, 2.05) is 0 Å². The van der Waals surface area contributed by atoms with Gasteiger partial charge in [0, 0.05) is 26.6 Å². The number of aliphatic hydroxyl groups excluding tert-OH is 3. The molecule has 0 saturated carbocycles. The van der Waals surface area contributed by atoms with Crippen LogP contribution in [0.4, 0.5) is 0 Å². The summed E-state index contributed by atoms with van der Waals surface area (Å²) in [6.07, 6.45) is -0.213. The van der Waals surface area contributed by atoms with Crippen molar-refractivity contribution >= 4 is 29.5 Å². The Hall–Kier alpha value is -2.85. The molecule has 0 aromatic carbocycles. The van der Waals surface area contributed by atoms with Crippen LogP contribution in [0.15, 0.2) is 0 Å². The Morgan fingerprint density at radius 3 is 2.43 bits per heavy atom. The molecule has 15 nitrogen and oxygen atoms in total. The molecule has 15 heteroatoms. The van der Waals surface area contributed by atoms with E-state index in [4.69, 9.17) is 16.6 Å². The minimum absolute atomic E-state index is 0.00128. The molecule has 212 valence electrons. The molecule has 1 aliphatic heterocycles. The second-order valence-electron chi connectivity index (χ2n) is 9.11. The van der Waals surface area contributed by atoms with Gasteiger partial charge in [-0.1, -0.05) is 0 Å². The fourth-order valence-electron chi connectivity index (χ4n) is 3.68. The van der Waals surface area contributed by atoms with Crippen LogP contribution in [-0.4, -0.2) is 119 Å². The molecule has 6 atom stereocenters. The van der Waals surface area contributed by atoms with Crippen LogP contribution in [0.3, 0.4) is 0 Å². The molecule has 0 aromatic heterocycles. The van der Waals surface area contributed by atoms with Crippen molar-refractivity contribution in [3.8, 4) is 0 Å². The lowest BCUT2D eigenvalue weighted by Gasteiger charge is -2.33. The molecule has 11 N–H and O–H groups in total. The summed E-state index contributed by atoms with van der Waals surface area (Å²) < 4.78 is 0. The molecule has 1 rings (SSSR count). The number of carbonyl (C=O) groups excluding carboxylic acids is 5. The normalized spacial score (nSPS) is 27.2. The molecular formula is C22H41N7O8. The van der Waals surface area contributed by atoms with Gasteiger partial charge >= 0.3 is 0 Å². The van der Waals surface area contributed by atoms with Crippen LogP contribution >= 0.6 is 0 Å². The number of aliphatic hydroxyl groups is 3. The van der Waals surface area contributed by atoms with Crippen molar-refractivity contribution in [2.45, 2.75) is 75.3 Å². The summed E-state index contributed by atoms with van der Waals surface area (Å²) in [6, 6.07) is -5.60. The minimum Gasteiger partial charge on any atom is -0.394 e. The third-order valence-corrected chi connectivity index (χ3v) is 6.16. The van der Waals surface area contributed by atoms with Crippen molar-refractivity contribution < 1.29 is 39.3 Å². The third-order valence-electron chi connectivity index (χ3n) is 6.16. The molecule has 0 radical (unpaired) electrons. The maximum absolute atomic E-state index is 13.2. The molecule has 37 heavy (non-hydrogen) atoms. The lowest BCUT2D eigenvalue weighted by atomic mass is 10.1. The lowest BCUT2D eigenvalue weighted by Crippen LogP contribution is -2.61. The first-order valence-corrected chi connectivity index (χ1v) is 12.2. The molecule has 1 saturated heterocycles. The van der Waals surface area contributed by atoms with Crippen LogP contribution in [0.25, 0.3) is 0 Å². The molecule has 0 aromatic rings. The quantitative estimate of drug-likeness (QED) is 0.158. The largest absolute Gasteiger partial charge is 0.394 e. The summed E-state index contributed by atoms with van der Waals surface area (Å²) in [5.41, 5.74) is 11.0. The van der Waals surface area contributed by atoms with Crippen LogP contribution in [0.1, 0.15) is 39.0 Å². The van der Waals surface area contributed by atoms with Crippen LogP contribution < -0.4 is 32.7 Å². The number of carbonyl (C=O) groups is 5. The number of nitrogens with two attached hydrogens (primary N) is 2. The van der Waals surface area contributed by atoms with Gasteiger partial charge < -0.3 is 53.0 Å². The molecule has 0 aliphatic carbocycles. The van der Waals surface area contributed by atoms with Crippen LogP contribution in [0, 0.1) is 0 Å². The number of rotatable bonds is 6. The van der Waals surface area contributed by atoms with Gasteiger partial charge in [0.15, 0.2) is 0 Å². The van der Waals surface area contributed by atoms with Crippen molar-refractivity contribution in [2.75, 3.05) is 33.4 Å². The van der Waals surface area contributed by atoms with Crippen molar-refractivity contribution in [3.05, 3.63) is 0 Å². The number of nitrogens with zero attached hydrogens (tertiary/aromatic N) is 1. The Labute approximate surface area is 215 Å². The fourth-order valence-corrected chi connectivity index (χ4v) is 3.68. The van der Waals surface area contributed by atoms with Crippen LogP contribution in [-0.2, 0) is 24.0 Å². The predicted molar refractivity (Wildman–Crippen MR) is 131 cm³/mol. The number of likely N-dealkylation sites (N-methyl/N-ethyl adjacent to an activating group) is 1. The summed E-state index contributed by atoms with van der Waals surface area (Å²) in [4.78, 5) is 63.7. The summed E-state index contributed by atoms with van der Waals surface area (Å²) in [6.45, 7) is 0.434. The van der Waals surface area contributed by atoms with Gasteiger partial charge in [-0.05, 0) is 32.6 Å². The maximum atomic E-state index is 13.2. The minimum atomic E-state index is -1.46. The summed E-state index contributed by atoms with van der Waals surface area (Å²) >= 11 is 0. The zero-order valence-electron chi connectivity index (χ0n) is 21.3. The van der Waals surface area contributed by atoms with Gasteiger partial charge in [-0.15, -0.1) is 0 Å². The Bertz CT molecular complexity index is 797. The van der Waals surface area contributed by atoms with Crippen molar-refractivity contribution in [1.82, 2.24) is 26.2 Å². The first kappa shape index (κ1) is 32.2. The molecule has 6 unspecified atom stereocenters.